The van der Waals surface area contributed by atoms with Gasteiger partial charge in [0.1, 0.15) is 17.6 Å². The first kappa shape index (κ1) is 20.5. The highest BCUT2D eigenvalue weighted by Gasteiger charge is 2.47. The smallest absolute Gasteiger partial charge is 0.354 e. The van der Waals surface area contributed by atoms with Crippen LogP contribution in [-0.2, 0) is 19.1 Å². The lowest BCUT2D eigenvalue weighted by Gasteiger charge is -2.21. The lowest BCUT2D eigenvalue weighted by molar-refractivity contribution is -0.437. The maximum absolute atomic E-state index is 12.1. The second-order valence-electron chi connectivity index (χ2n) is 5.06. The average molecular weight is 368 g/mol. The van der Waals surface area contributed by atoms with Crippen LogP contribution in [0.3, 0.4) is 0 Å². The number of ether oxygens (including phenoxy) is 2. The molecule has 0 heterocycles. The number of Topliss-reactive ketones (excluding diaryl/α,β-unsaturated/α-hetero) is 1. The van der Waals surface area contributed by atoms with Crippen molar-refractivity contribution < 1.29 is 34.0 Å². The van der Waals surface area contributed by atoms with Crippen molar-refractivity contribution in [2.45, 2.75) is 12.8 Å². The second kappa shape index (κ2) is 8.55. The molecule has 11 nitrogen and oxygen atoms in total. The number of carbonyl (C=O) groups excluding carboxylic acids is 2. The maximum Gasteiger partial charge on any atom is 0.354 e. The molecular formula is C15H16N2O9. The van der Waals surface area contributed by atoms with Gasteiger partial charge in [-0.25, -0.2) is 0 Å². The van der Waals surface area contributed by atoms with Gasteiger partial charge in [-0.15, -0.1) is 0 Å². The van der Waals surface area contributed by atoms with E-state index in [4.69, 9.17) is 0 Å². The number of nitrogens with zero attached hydrogens (tertiary/aromatic N) is 2. The molecule has 2 atom stereocenters. The summed E-state index contributed by atoms with van der Waals surface area (Å²) in [7, 11) is 1.89. The van der Waals surface area contributed by atoms with E-state index in [2.05, 4.69) is 9.47 Å². The van der Waals surface area contributed by atoms with Crippen LogP contribution >= 0.6 is 0 Å². The van der Waals surface area contributed by atoms with Gasteiger partial charge in [-0.2, -0.15) is 0 Å². The Kier molecular flexibility index (Phi) is 6.76. The summed E-state index contributed by atoms with van der Waals surface area (Å²) in [5.41, 5.74) is -1.97. The first-order valence-corrected chi connectivity index (χ1v) is 7.10. The molecular weight excluding hydrogens is 352 g/mol. The number of aliphatic hydroxyl groups is 1. The van der Waals surface area contributed by atoms with Gasteiger partial charge in [0.25, 0.3) is 5.69 Å². The Morgan fingerprint density at radius 2 is 1.69 bits per heavy atom. The molecule has 26 heavy (non-hydrogen) atoms. The Hall–Kier alpha value is -3.50. The van der Waals surface area contributed by atoms with E-state index in [9.17, 15) is 34.9 Å². The number of esters is 1. The quantitative estimate of drug-likeness (QED) is 0.237. The number of methoxy groups -OCH3 is 2. The summed E-state index contributed by atoms with van der Waals surface area (Å²) in [5, 5.41) is 32.6. The fraction of sp³-hybridized carbons (Fsp3) is 0.333. The van der Waals surface area contributed by atoms with Crippen molar-refractivity contribution in [2.75, 3.05) is 14.2 Å². The number of allylic oxidation sites excluding steroid dienone is 1. The summed E-state index contributed by atoms with van der Waals surface area (Å²) in [6.07, 6.45) is 0. The first-order valence-electron chi connectivity index (χ1n) is 7.10. The zero-order valence-corrected chi connectivity index (χ0v) is 14.1. The molecule has 0 spiro atoms. The van der Waals surface area contributed by atoms with Crippen molar-refractivity contribution in [3.63, 3.8) is 0 Å². The van der Waals surface area contributed by atoms with Gasteiger partial charge in [-0.3, -0.25) is 29.8 Å². The summed E-state index contributed by atoms with van der Waals surface area (Å²) in [6.45, 7) is 0.977. The molecule has 140 valence electrons. The van der Waals surface area contributed by atoms with Crippen molar-refractivity contribution >= 4 is 17.4 Å². The van der Waals surface area contributed by atoms with E-state index in [-0.39, 0.29) is 5.56 Å². The predicted molar refractivity (Wildman–Crippen MR) is 85.7 cm³/mol. The van der Waals surface area contributed by atoms with Crippen LogP contribution in [0.5, 0.6) is 0 Å². The molecule has 1 aromatic rings. The zero-order chi connectivity index (χ0) is 20.0. The topological polar surface area (TPSA) is 159 Å². The lowest BCUT2D eigenvalue weighted by atomic mass is 9.80. The Bertz CT molecular complexity index is 772. The summed E-state index contributed by atoms with van der Waals surface area (Å²) in [6, 6.07) is 4.85. The maximum atomic E-state index is 12.1. The van der Waals surface area contributed by atoms with Gasteiger partial charge in [-0.1, -0.05) is 18.2 Å². The van der Waals surface area contributed by atoms with Crippen LogP contribution in [0, 0.1) is 26.1 Å². The molecule has 0 aliphatic rings. The highest BCUT2D eigenvalue weighted by molar-refractivity contribution is 5.99. The minimum atomic E-state index is -1.81. The van der Waals surface area contributed by atoms with Crippen LogP contribution in [0.2, 0.25) is 0 Å². The molecule has 0 amide bonds. The number of benzene rings is 1. The van der Waals surface area contributed by atoms with Crippen LogP contribution in [0.4, 0.5) is 5.69 Å². The third kappa shape index (κ3) is 4.12. The molecule has 1 N–H and O–H groups in total. The normalized spacial score (nSPS) is 13.8. The largest absolute Gasteiger partial charge is 0.476 e. The average Bonchev–Trinajstić information content (AvgIpc) is 2.59. The van der Waals surface area contributed by atoms with Gasteiger partial charge in [0.15, 0.2) is 0 Å². The fourth-order valence-corrected chi connectivity index (χ4v) is 2.49. The molecule has 0 radical (unpaired) electrons. The zero-order valence-electron chi connectivity index (χ0n) is 14.1. The van der Waals surface area contributed by atoms with Crippen molar-refractivity contribution in [1.82, 2.24) is 0 Å². The first-order chi connectivity index (χ1) is 12.2. The van der Waals surface area contributed by atoms with E-state index in [0.29, 0.717) is 0 Å². The molecule has 0 aromatic heterocycles. The van der Waals surface area contributed by atoms with Gasteiger partial charge in [-0.05, 0) is 6.92 Å². The molecule has 0 fully saturated rings. The van der Waals surface area contributed by atoms with Crippen molar-refractivity contribution in [2.24, 2.45) is 5.92 Å². The molecule has 0 saturated heterocycles. The molecule has 0 saturated carbocycles. The van der Waals surface area contributed by atoms with Crippen molar-refractivity contribution in [3.8, 4) is 0 Å². The summed E-state index contributed by atoms with van der Waals surface area (Å²) in [4.78, 5) is 45.1. The molecule has 0 aliphatic heterocycles. The highest BCUT2D eigenvalue weighted by atomic mass is 16.6. The minimum Gasteiger partial charge on any atom is -0.476 e. The Labute approximate surface area is 147 Å². The van der Waals surface area contributed by atoms with E-state index in [1.807, 2.05) is 0 Å². The number of para-hydroxylation sites is 1. The number of nitro benzene ring substituents is 1. The van der Waals surface area contributed by atoms with Crippen LogP contribution < -0.4 is 0 Å². The summed E-state index contributed by atoms with van der Waals surface area (Å²) >= 11 is 0. The Balaban J connectivity index is 3.90. The standard InChI is InChI=1S/C15H16N2O9/c1-8(18)11(14(19)25-2)12(13(17(23)24)15(20)26-3)9-6-4-5-7-10(9)16(21)22/h4-7,11-12,20H,1-3H3. The van der Waals surface area contributed by atoms with Gasteiger partial charge >= 0.3 is 17.6 Å². The minimum absolute atomic E-state index is 0.321. The van der Waals surface area contributed by atoms with Gasteiger partial charge in [0.05, 0.1) is 24.1 Å². The lowest BCUT2D eigenvalue weighted by Crippen LogP contribution is -2.33. The van der Waals surface area contributed by atoms with E-state index >= 15 is 0 Å². The third-order valence-electron chi connectivity index (χ3n) is 3.60. The van der Waals surface area contributed by atoms with Gasteiger partial charge < -0.3 is 14.6 Å². The van der Waals surface area contributed by atoms with Crippen LogP contribution in [0.1, 0.15) is 18.4 Å². The molecule has 0 aliphatic carbocycles. The third-order valence-corrected chi connectivity index (χ3v) is 3.60. The monoisotopic (exact) mass is 368 g/mol. The number of nitro groups is 2. The Morgan fingerprint density at radius 1 is 1.12 bits per heavy atom. The molecule has 11 heteroatoms. The number of ketones is 1. The van der Waals surface area contributed by atoms with Gasteiger partial charge in [0, 0.05) is 11.6 Å². The van der Waals surface area contributed by atoms with Crippen LogP contribution in [0.15, 0.2) is 35.9 Å². The predicted octanol–water partition coefficient (Wildman–Crippen LogP) is 1.71. The van der Waals surface area contributed by atoms with E-state index < -0.39 is 50.8 Å². The van der Waals surface area contributed by atoms with E-state index in [1.165, 1.54) is 12.1 Å². The van der Waals surface area contributed by atoms with Crippen molar-refractivity contribution in [1.29, 1.82) is 0 Å². The van der Waals surface area contributed by atoms with Crippen molar-refractivity contribution in [3.05, 3.63) is 61.7 Å². The van der Waals surface area contributed by atoms with Crippen LogP contribution in [-0.4, -0.2) is 40.9 Å². The molecule has 1 rings (SSSR count). The molecule has 0 bridgehead atoms. The summed E-state index contributed by atoms with van der Waals surface area (Å²) in [5.74, 6) is -6.80. The van der Waals surface area contributed by atoms with Crippen LogP contribution in [0.25, 0.3) is 0 Å². The second-order valence-corrected chi connectivity index (χ2v) is 5.06. The van der Waals surface area contributed by atoms with Gasteiger partial charge in [0.2, 0.25) is 0 Å². The number of hydrogen-bond donors (Lipinski definition) is 1. The number of rotatable bonds is 8. The SMILES string of the molecule is COC(=O)C(C(C)=O)C(C(=C(O)OC)[N+](=O)[O-])c1ccccc1[N+](=O)[O-]. The number of carbonyl (C=O) groups is 2. The van der Waals surface area contributed by atoms with E-state index in [1.54, 1.807) is 0 Å². The fourth-order valence-electron chi connectivity index (χ4n) is 2.49. The number of aliphatic hydroxyl groups excluding tert-OH is 1. The Morgan fingerprint density at radius 3 is 2.12 bits per heavy atom. The number of hydrogen-bond acceptors (Lipinski definition) is 9. The molecule has 2 unspecified atom stereocenters. The van der Waals surface area contributed by atoms with E-state index in [0.717, 1.165) is 33.3 Å². The molecule has 1 aromatic carbocycles. The highest BCUT2D eigenvalue weighted by Crippen LogP contribution is 2.39. The summed E-state index contributed by atoms with van der Waals surface area (Å²) < 4.78 is 9.00.